The van der Waals surface area contributed by atoms with Crippen molar-refractivity contribution in [2.24, 2.45) is 5.73 Å². The summed E-state index contributed by atoms with van der Waals surface area (Å²) in [5, 5.41) is 13.7. The van der Waals surface area contributed by atoms with Crippen LogP contribution in [0.25, 0.3) is 16.9 Å². The van der Waals surface area contributed by atoms with Crippen LogP contribution in [0.2, 0.25) is 0 Å². The Hall–Kier alpha value is -3.77. The molecule has 0 spiro atoms. The van der Waals surface area contributed by atoms with Gasteiger partial charge in [-0.1, -0.05) is 13.0 Å². The molecule has 198 valence electrons. The summed E-state index contributed by atoms with van der Waals surface area (Å²) >= 11 is 0. The van der Waals surface area contributed by atoms with Gasteiger partial charge in [-0.05, 0) is 75.4 Å². The fourth-order valence-corrected chi connectivity index (χ4v) is 5.81. The maximum atomic E-state index is 15.6. The number of carbonyl (C=O) groups is 1. The van der Waals surface area contributed by atoms with E-state index in [1.807, 2.05) is 30.9 Å². The van der Waals surface area contributed by atoms with E-state index >= 15 is 4.39 Å². The van der Waals surface area contributed by atoms with Gasteiger partial charge in [0, 0.05) is 42.5 Å². The first-order chi connectivity index (χ1) is 18.3. The summed E-state index contributed by atoms with van der Waals surface area (Å²) in [5.41, 5.74) is 7.97. The Morgan fingerprint density at radius 1 is 1.11 bits per heavy atom. The highest BCUT2D eigenvalue weighted by Crippen LogP contribution is 2.32. The van der Waals surface area contributed by atoms with Gasteiger partial charge in [-0.2, -0.15) is 10.4 Å². The van der Waals surface area contributed by atoms with E-state index in [1.165, 1.54) is 22.9 Å². The minimum Gasteiger partial charge on any atom is -0.371 e. The smallest absolute Gasteiger partial charge is 0.274 e. The maximum absolute atomic E-state index is 15.6. The van der Waals surface area contributed by atoms with Crippen molar-refractivity contribution in [1.29, 1.82) is 5.26 Å². The van der Waals surface area contributed by atoms with Crippen molar-refractivity contribution in [3.63, 3.8) is 0 Å². The molecule has 2 saturated heterocycles. The SMILES string of the molecule is CCC1C[C@H](N)CC(C)N1C(=O)c1cc(-c2ccc(C#N)c(F)c2)n(-c2ccc(N3CCCC3)cc2F)n1. The Bertz CT molecular complexity index is 1390. The average molecular weight is 519 g/mol. The van der Waals surface area contributed by atoms with Crippen LogP contribution in [0.5, 0.6) is 0 Å². The van der Waals surface area contributed by atoms with Gasteiger partial charge >= 0.3 is 0 Å². The molecule has 0 aliphatic carbocycles. The van der Waals surface area contributed by atoms with Crippen LogP contribution in [0.3, 0.4) is 0 Å². The van der Waals surface area contributed by atoms with Gasteiger partial charge in [-0.15, -0.1) is 0 Å². The highest BCUT2D eigenvalue weighted by atomic mass is 19.1. The molecule has 2 aromatic carbocycles. The molecule has 0 radical (unpaired) electrons. The molecule has 3 atom stereocenters. The van der Waals surface area contributed by atoms with Crippen LogP contribution in [-0.4, -0.2) is 51.8 Å². The van der Waals surface area contributed by atoms with Crippen LogP contribution in [0, 0.1) is 23.0 Å². The lowest BCUT2D eigenvalue weighted by atomic mass is 9.90. The average Bonchev–Trinajstić information content (AvgIpc) is 3.59. The number of hydrogen-bond donors (Lipinski definition) is 1. The van der Waals surface area contributed by atoms with Crippen molar-refractivity contribution in [2.75, 3.05) is 18.0 Å². The van der Waals surface area contributed by atoms with Crippen LogP contribution >= 0.6 is 0 Å². The zero-order valence-electron chi connectivity index (χ0n) is 21.7. The summed E-state index contributed by atoms with van der Waals surface area (Å²) in [7, 11) is 0. The third kappa shape index (κ3) is 4.76. The van der Waals surface area contributed by atoms with Gasteiger partial charge < -0.3 is 15.5 Å². The number of halogens is 2. The number of nitrogens with zero attached hydrogens (tertiary/aromatic N) is 5. The summed E-state index contributed by atoms with van der Waals surface area (Å²) in [6.07, 6.45) is 4.28. The van der Waals surface area contributed by atoms with Gasteiger partial charge in [-0.3, -0.25) is 4.79 Å². The van der Waals surface area contributed by atoms with Crippen LogP contribution in [0.15, 0.2) is 42.5 Å². The molecule has 1 aromatic heterocycles. The van der Waals surface area contributed by atoms with E-state index in [1.54, 1.807) is 18.2 Å². The van der Waals surface area contributed by atoms with Gasteiger partial charge in [0.05, 0.1) is 11.3 Å². The van der Waals surface area contributed by atoms with E-state index in [-0.39, 0.29) is 41.0 Å². The molecule has 0 saturated carbocycles. The number of amides is 1. The first kappa shape index (κ1) is 25.9. The molecular formula is C29H32F2N6O. The molecule has 2 aliphatic rings. The second-order valence-corrected chi connectivity index (χ2v) is 10.3. The molecule has 0 bridgehead atoms. The van der Waals surface area contributed by atoms with Gasteiger partial charge in [0.1, 0.15) is 17.6 Å². The monoisotopic (exact) mass is 518 g/mol. The zero-order chi connectivity index (χ0) is 27.0. The highest BCUT2D eigenvalue weighted by Gasteiger charge is 2.36. The molecular weight excluding hydrogens is 486 g/mol. The van der Waals surface area contributed by atoms with Gasteiger partial charge in [-0.25, -0.2) is 13.5 Å². The minimum atomic E-state index is -0.694. The molecule has 1 amide bonds. The predicted octanol–water partition coefficient (Wildman–Crippen LogP) is 5.02. The normalized spacial score (nSPS) is 21.5. The van der Waals surface area contributed by atoms with Gasteiger partial charge in [0.25, 0.3) is 5.91 Å². The van der Waals surface area contributed by atoms with Crippen LogP contribution in [-0.2, 0) is 0 Å². The molecule has 7 nitrogen and oxygen atoms in total. The maximum Gasteiger partial charge on any atom is 0.274 e. The summed E-state index contributed by atoms with van der Waals surface area (Å²) in [4.78, 5) is 17.7. The lowest BCUT2D eigenvalue weighted by molar-refractivity contribution is 0.0436. The van der Waals surface area contributed by atoms with Crippen molar-refractivity contribution in [1.82, 2.24) is 14.7 Å². The van der Waals surface area contributed by atoms with Gasteiger partial charge in [0.15, 0.2) is 11.5 Å². The fraction of sp³-hybridized carbons (Fsp3) is 0.414. The van der Waals surface area contributed by atoms with E-state index in [2.05, 4.69) is 10.00 Å². The molecule has 38 heavy (non-hydrogen) atoms. The zero-order valence-corrected chi connectivity index (χ0v) is 21.7. The number of carbonyl (C=O) groups excluding carboxylic acids is 1. The van der Waals surface area contributed by atoms with Crippen molar-refractivity contribution in [3.05, 3.63) is 65.4 Å². The number of rotatable bonds is 5. The summed E-state index contributed by atoms with van der Waals surface area (Å²) in [5.74, 6) is -1.45. The van der Waals surface area contributed by atoms with E-state index in [0.717, 1.165) is 38.0 Å². The van der Waals surface area contributed by atoms with Crippen LogP contribution in [0.1, 0.15) is 62.0 Å². The first-order valence-corrected chi connectivity index (χ1v) is 13.2. The quantitative estimate of drug-likeness (QED) is 0.512. The lowest BCUT2D eigenvalue weighted by Gasteiger charge is -2.42. The molecule has 5 rings (SSSR count). The highest BCUT2D eigenvalue weighted by molar-refractivity contribution is 5.94. The number of hydrogen-bond acceptors (Lipinski definition) is 5. The van der Waals surface area contributed by atoms with E-state index in [0.29, 0.717) is 24.1 Å². The van der Waals surface area contributed by atoms with Crippen molar-refractivity contribution in [3.8, 4) is 23.0 Å². The second kappa shape index (κ2) is 10.5. The lowest BCUT2D eigenvalue weighted by Crippen LogP contribution is -2.54. The molecule has 2 unspecified atom stereocenters. The molecule has 2 aliphatic heterocycles. The van der Waals surface area contributed by atoms with E-state index < -0.39 is 11.6 Å². The number of likely N-dealkylation sites (tertiary alicyclic amines) is 1. The summed E-state index contributed by atoms with van der Waals surface area (Å²) < 4.78 is 31.5. The third-order valence-corrected chi connectivity index (χ3v) is 7.74. The Morgan fingerprint density at radius 3 is 2.53 bits per heavy atom. The van der Waals surface area contributed by atoms with E-state index in [4.69, 9.17) is 11.0 Å². The second-order valence-electron chi connectivity index (χ2n) is 10.3. The Morgan fingerprint density at radius 2 is 1.87 bits per heavy atom. The number of piperidine rings is 1. The Balaban J connectivity index is 1.60. The summed E-state index contributed by atoms with van der Waals surface area (Å²) in [6, 6.07) is 12.4. The van der Waals surface area contributed by atoms with Crippen molar-refractivity contribution in [2.45, 2.75) is 64.1 Å². The van der Waals surface area contributed by atoms with Crippen LogP contribution < -0.4 is 10.6 Å². The van der Waals surface area contributed by atoms with Crippen LogP contribution in [0.4, 0.5) is 14.5 Å². The first-order valence-electron chi connectivity index (χ1n) is 13.2. The minimum absolute atomic E-state index is 0.0250. The fourth-order valence-electron chi connectivity index (χ4n) is 5.81. The number of benzene rings is 2. The van der Waals surface area contributed by atoms with Crippen molar-refractivity contribution < 1.29 is 13.6 Å². The molecule has 2 N–H and O–H groups in total. The number of nitrogens with two attached hydrogens (primary N) is 1. The Labute approximate surface area is 221 Å². The Kier molecular flexibility index (Phi) is 7.17. The number of aromatic nitrogens is 2. The standard InChI is InChI=1S/C29H32F2N6O/c1-3-22-14-21(33)12-18(2)36(22)29(38)26-16-28(19-6-7-20(17-32)24(30)13-19)37(34-26)27-9-8-23(15-25(27)31)35-10-4-5-11-35/h6-9,13,15-16,18,21-22H,3-5,10-12,14,33H2,1-2H3/t18?,21-,22?/m1/s1. The molecule has 3 aromatic rings. The predicted molar refractivity (Wildman–Crippen MR) is 142 cm³/mol. The number of anilines is 1. The summed E-state index contributed by atoms with van der Waals surface area (Å²) in [6.45, 7) is 5.76. The molecule has 2 fully saturated rings. The molecule has 9 heteroatoms. The number of nitriles is 1. The van der Waals surface area contributed by atoms with Gasteiger partial charge in [0.2, 0.25) is 0 Å². The topological polar surface area (TPSA) is 91.2 Å². The molecule has 3 heterocycles. The van der Waals surface area contributed by atoms with E-state index in [9.17, 15) is 9.18 Å². The largest absolute Gasteiger partial charge is 0.371 e. The van der Waals surface area contributed by atoms with Crippen molar-refractivity contribution >= 4 is 11.6 Å². The third-order valence-electron chi connectivity index (χ3n) is 7.74.